The number of nitrogens with zero attached hydrogens (tertiary/aromatic N) is 1. The molecule has 0 fully saturated rings. The molecule has 124 valence electrons. The summed E-state index contributed by atoms with van der Waals surface area (Å²) in [6, 6.07) is 0. The molecule has 0 atom stereocenters. The second-order valence-corrected chi connectivity index (χ2v) is 5.83. The van der Waals surface area contributed by atoms with Crippen LogP contribution in [-0.4, -0.2) is 59.5 Å². The summed E-state index contributed by atoms with van der Waals surface area (Å²) < 4.78 is 0. The van der Waals surface area contributed by atoms with Crippen LogP contribution in [0.4, 0.5) is 0 Å². The van der Waals surface area contributed by atoms with Gasteiger partial charge in [0.2, 0.25) is 0 Å². The van der Waals surface area contributed by atoms with E-state index in [0.29, 0.717) is 12.2 Å². The Bertz CT molecular complexity index is 334. The monoisotopic (exact) mass is 307 g/mol. The van der Waals surface area contributed by atoms with Gasteiger partial charge in [0.25, 0.3) is 0 Å². The van der Waals surface area contributed by atoms with E-state index in [1.165, 1.54) is 46.4 Å². The minimum atomic E-state index is -1.28. The van der Waals surface area contributed by atoms with Crippen LogP contribution in [-0.2, 0) is 9.59 Å². The second kappa shape index (κ2) is 7.51. The molecule has 0 spiro atoms. The van der Waals surface area contributed by atoms with Crippen molar-refractivity contribution >= 4 is 11.9 Å². The maximum atomic E-state index is 9.75. The van der Waals surface area contributed by atoms with E-state index in [-0.39, 0.29) is 0 Å². The van der Waals surface area contributed by atoms with E-state index in [1.54, 1.807) is 0 Å². The maximum absolute atomic E-state index is 9.75. The summed E-state index contributed by atoms with van der Waals surface area (Å²) in [5.74, 6) is -2.51. The summed E-state index contributed by atoms with van der Waals surface area (Å²) in [4.78, 5) is 20.3. The van der Waals surface area contributed by atoms with Gasteiger partial charge in [-0.05, 0) is 41.5 Å². The van der Waals surface area contributed by atoms with Gasteiger partial charge in [-0.25, -0.2) is 14.5 Å². The van der Waals surface area contributed by atoms with Gasteiger partial charge in [0.15, 0.2) is 0 Å². The van der Waals surface area contributed by atoms with E-state index >= 15 is 0 Å². The van der Waals surface area contributed by atoms with Gasteiger partial charge in [-0.15, -0.1) is 0 Å². The lowest BCUT2D eigenvalue weighted by Gasteiger charge is -2.49. The summed E-state index contributed by atoms with van der Waals surface area (Å²) in [5.41, 5.74) is -3.84. The van der Waals surface area contributed by atoms with E-state index in [4.69, 9.17) is 10.2 Å². The van der Waals surface area contributed by atoms with Gasteiger partial charge in [0.1, 0.15) is 17.2 Å². The molecule has 0 aromatic heterocycles. The number of rotatable bonds is 5. The minimum Gasteiger partial charge on any atom is -0.478 e. The van der Waals surface area contributed by atoms with Gasteiger partial charge in [0.05, 0.1) is 0 Å². The highest BCUT2D eigenvalue weighted by Crippen LogP contribution is 2.29. The standard InChI is InChI=1S/C9H21NO3.C4H4O4/c1-7(2,11)10(8(3,4)12)9(5,6)13;5-3(6)1-2-4(7)8/h11-13H,1-6H3;1-2H,(H,5,6)(H,7,8)/b;2-1-. The van der Waals surface area contributed by atoms with Crippen molar-refractivity contribution in [3.05, 3.63) is 12.2 Å². The molecule has 0 aliphatic carbocycles. The Labute approximate surface area is 123 Å². The molecule has 0 aromatic rings. The molecule has 5 N–H and O–H groups in total. The van der Waals surface area contributed by atoms with Crippen LogP contribution in [0.2, 0.25) is 0 Å². The number of hydrogen-bond donors (Lipinski definition) is 5. The van der Waals surface area contributed by atoms with Gasteiger partial charge in [-0.3, -0.25) is 0 Å². The summed E-state index contributed by atoms with van der Waals surface area (Å²) in [6.45, 7) is 9.10. The quantitative estimate of drug-likeness (QED) is 0.358. The Morgan fingerprint density at radius 2 is 0.905 bits per heavy atom. The Hall–Kier alpha value is -1.48. The summed E-state index contributed by atoms with van der Waals surface area (Å²) in [7, 11) is 0. The molecule has 0 amide bonds. The van der Waals surface area contributed by atoms with E-state index in [2.05, 4.69) is 0 Å². The summed E-state index contributed by atoms with van der Waals surface area (Å²) in [5, 5.41) is 44.9. The van der Waals surface area contributed by atoms with Crippen molar-refractivity contribution in [2.24, 2.45) is 0 Å². The number of hydrogen-bond acceptors (Lipinski definition) is 6. The van der Waals surface area contributed by atoms with Gasteiger partial charge in [-0.1, -0.05) is 0 Å². The maximum Gasteiger partial charge on any atom is 0.328 e. The van der Waals surface area contributed by atoms with Crippen LogP contribution < -0.4 is 0 Å². The van der Waals surface area contributed by atoms with Crippen LogP contribution in [0.25, 0.3) is 0 Å². The van der Waals surface area contributed by atoms with Crippen molar-refractivity contribution in [1.29, 1.82) is 0 Å². The molecule has 0 unspecified atom stereocenters. The van der Waals surface area contributed by atoms with Crippen LogP contribution in [0.3, 0.4) is 0 Å². The first-order chi connectivity index (χ1) is 8.99. The smallest absolute Gasteiger partial charge is 0.328 e. The van der Waals surface area contributed by atoms with Gasteiger partial charge < -0.3 is 25.5 Å². The summed E-state index contributed by atoms with van der Waals surface area (Å²) in [6.07, 6.45) is 1.12. The number of aliphatic hydroxyl groups is 3. The van der Waals surface area contributed by atoms with Crippen molar-refractivity contribution in [1.82, 2.24) is 4.90 Å². The third kappa shape index (κ3) is 10.9. The van der Waals surface area contributed by atoms with Crippen LogP contribution in [0.1, 0.15) is 41.5 Å². The number of carboxylic acids is 2. The largest absolute Gasteiger partial charge is 0.478 e. The van der Waals surface area contributed by atoms with Crippen LogP contribution in [0, 0.1) is 0 Å². The lowest BCUT2D eigenvalue weighted by Crippen LogP contribution is -2.64. The average molecular weight is 307 g/mol. The molecule has 0 radical (unpaired) electrons. The van der Waals surface area contributed by atoms with Crippen molar-refractivity contribution in [3.63, 3.8) is 0 Å². The third-order valence-electron chi connectivity index (χ3n) is 2.01. The van der Waals surface area contributed by atoms with Crippen molar-refractivity contribution in [2.75, 3.05) is 0 Å². The second-order valence-electron chi connectivity index (χ2n) is 5.83. The van der Waals surface area contributed by atoms with E-state index in [1.807, 2.05) is 0 Å². The Balaban J connectivity index is 0. The average Bonchev–Trinajstić information content (AvgIpc) is 2.07. The van der Waals surface area contributed by atoms with Gasteiger partial charge in [-0.2, -0.15) is 0 Å². The van der Waals surface area contributed by atoms with Crippen LogP contribution in [0.5, 0.6) is 0 Å². The van der Waals surface area contributed by atoms with Crippen LogP contribution in [0.15, 0.2) is 12.2 Å². The normalized spacial score (nSPS) is 13.0. The molecule has 8 heteroatoms. The zero-order chi connectivity index (χ0) is 17.6. The van der Waals surface area contributed by atoms with Gasteiger partial charge >= 0.3 is 11.9 Å². The highest BCUT2D eigenvalue weighted by molar-refractivity contribution is 5.89. The molecule has 21 heavy (non-hydrogen) atoms. The number of carboxylic acid groups (broad SMARTS) is 2. The molecular formula is C13H25NO7. The SMILES string of the molecule is CC(C)(O)N(C(C)(C)O)C(C)(C)O.O=C(O)/C=C\C(=O)O. The van der Waals surface area contributed by atoms with E-state index < -0.39 is 29.1 Å². The minimum absolute atomic E-state index is 0.558. The fraction of sp³-hybridized carbons (Fsp3) is 0.692. The summed E-state index contributed by atoms with van der Waals surface area (Å²) >= 11 is 0. The van der Waals surface area contributed by atoms with Gasteiger partial charge in [0, 0.05) is 12.2 Å². The first-order valence-electron chi connectivity index (χ1n) is 6.11. The Morgan fingerprint density at radius 1 is 0.714 bits per heavy atom. The Kier molecular flexibility index (Phi) is 7.80. The van der Waals surface area contributed by atoms with E-state index in [0.717, 1.165) is 0 Å². The Morgan fingerprint density at radius 3 is 0.952 bits per heavy atom. The fourth-order valence-corrected chi connectivity index (χ4v) is 2.15. The first kappa shape index (κ1) is 21.8. The molecule has 0 heterocycles. The third-order valence-corrected chi connectivity index (χ3v) is 2.01. The molecule has 0 aliphatic heterocycles. The molecule has 0 rings (SSSR count). The highest BCUT2D eigenvalue weighted by atomic mass is 16.4. The van der Waals surface area contributed by atoms with Crippen molar-refractivity contribution in [3.8, 4) is 0 Å². The lowest BCUT2D eigenvalue weighted by molar-refractivity contribution is -0.288. The molecule has 8 nitrogen and oxygen atoms in total. The fourth-order valence-electron chi connectivity index (χ4n) is 2.15. The van der Waals surface area contributed by atoms with E-state index in [9.17, 15) is 24.9 Å². The van der Waals surface area contributed by atoms with Crippen molar-refractivity contribution < 1.29 is 35.1 Å². The lowest BCUT2D eigenvalue weighted by atomic mass is 10.1. The first-order valence-corrected chi connectivity index (χ1v) is 6.11. The number of aliphatic carboxylic acids is 2. The number of carbonyl (C=O) groups is 2. The molecular weight excluding hydrogens is 282 g/mol. The molecule has 0 aromatic carbocycles. The molecule has 0 saturated carbocycles. The molecule has 0 bridgehead atoms. The molecule has 0 saturated heterocycles. The topological polar surface area (TPSA) is 139 Å². The highest BCUT2D eigenvalue weighted by Gasteiger charge is 2.43. The van der Waals surface area contributed by atoms with Crippen LogP contribution >= 0.6 is 0 Å². The predicted molar refractivity (Wildman–Crippen MR) is 75.1 cm³/mol. The zero-order valence-electron chi connectivity index (χ0n) is 13.2. The zero-order valence-corrected chi connectivity index (χ0v) is 13.2. The predicted octanol–water partition coefficient (Wildman–Crippen LogP) is 0.185. The molecule has 0 aliphatic rings. The van der Waals surface area contributed by atoms with Crippen molar-refractivity contribution in [2.45, 2.75) is 58.7 Å².